The molecule has 2 spiro atoms. The molecular weight excluding hydrogens is 644 g/mol. The van der Waals surface area contributed by atoms with Crippen molar-refractivity contribution in [3.8, 4) is 0 Å². The summed E-state index contributed by atoms with van der Waals surface area (Å²) in [5, 5.41) is 15.5. The second-order valence-electron chi connectivity index (χ2n) is 20.8. The summed E-state index contributed by atoms with van der Waals surface area (Å²) in [5.41, 5.74) is -0.0756. The summed E-state index contributed by atoms with van der Waals surface area (Å²) in [6.45, 7) is 20.2. The van der Waals surface area contributed by atoms with Crippen LogP contribution >= 0.6 is 0 Å². The number of hydrogen-bond donors (Lipinski definition) is 2. The van der Waals surface area contributed by atoms with Crippen LogP contribution in [0.3, 0.4) is 0 Å². The fourth-order valence-electron chi connectivity index (χ4n) is 14.3. The van der Waals surface area contributed by atoms with E-state index in [0.29, 0.717) is 67.7 Å². The Morgan fingerprint density at radius 1 is 0.980 bits per heavy atom. The molecule has 2 aliphatic heterocycles. The molecule has 8 fully saturated rings. The monoisotopic (exact) mass is 713 g/mol. The maximum absolute atomic E-state index is 12.9. The highest BCUT2D eigenvalue weighted by Gasteiger charge is 2.84. The maximum Gasteiger partial charge on any atom is 0.407 e. The zero-order valence-corrected chi connectivity index (χ0v) is 32.9. The fraction of sp³-hybridized carbons (Fsp3) is 0.952. The van der Waals surface area contributed by atoms with Gasteiger partial charge in [0.05, 0.1) is 37.6 Å². The van der Waals surface area contributed by atoms with Gasteiger partial charge in [-0.05, 0) is 143 Å². The van der Waals surface area contributed by atoms with Crippen LogP contribution in [0.25, 0.3) is 0 Å². The molecule has 9 nitrogen and oxygen atoms in total. The topological polar surface area (TPSA) is 107 Å². The molecule has 0 bridgehead atoms. The number of carbonyl (C=O) groups is 2. The summed E-state index contributed by atoms with van der Waals surface area (Å²) in [5.74, 6) is 2.72. The normalized spacial score (nSPS) is 48.3. The molecule has 6 aliphatic carbocycles. The molecule has 6 saturated carbocycles. The van der Waals surface area contributed by atoms with Gasteiger partial charge < -0.3 is 34.3 Å². The van der Waals surface area contributed by atoms with Crippen LogP contribution in [0.5, 0.6) is 0 Å². The highest BCUT2D eigenvalue weighted by molar-refractivity contribution is 5.76. The first-order chi connectivity index (χ1) is 23.9. The molecule has 288 valence electrons. The standard InChI is InChI=1S/C42H68N2O7/c1-25-21-27(14-18-43-36(47)51-37(2,3)4)49-34-33(25)39(7)16-17-42-24-41(42)15-13-30(38(5,6)28(41)11-12-29(42)40(39,8)35(34)46)50-32-23-44(19-20-48-32)31(45)22-26-9-10-26/h25-30,32-35,46H,9-24H2,1-8H3,(H,43,47)/t25-,27?,28+,29+,30+,32?,33?,34?,35+,39-,40-,41-,42?/m1/s1. The Kier molecular flexibility index (Phi) is 8.81. The van der Waals surface area contributed by atoms with Gasteiger partial charge in [-0.15, -0.1) is 0 Å². The Labute approximate surface area is 307 Å². The van der Waals surface area contributed by atoms with Gasteiger partial charge >= 0.3 is 6.09 Å². The van der Waals surface area contributed by atoms with E-state index in [-0.39, 0.29) is 58.3 Å². The van der Waals surface area contributed by atoms with Gasteiger partial charge in [0.25, 0.3) is 0 Å². The van der Waals surface area contributed by atoms with Gasteiger partial charge in [0.2, 0.25) is 5.91 Å². The number of carbonyl (C=O) groups excluding carboxylic acids is 2. The van der Waals surface area contributed by atoms with Crippen LogP contribution < -0.4 is 5.32 Å². The molecule has 5 unspecified atom stereocenters. The molecule has 2 heterocycles. The summed E-state index contributed by atoms with van der Waals surface area (Å²) in [6.07, 6.45) is 11.8. The zero-order chi connectivity index (χ0) is 36.4. The Bertz CT molecular complexity index is 1380. The third-order valence-corrected chi connectivity index (χ3v) is 16.8. The smallest absolute Gasteiger partial charge is 0.407 e. The van der Waals surface area contributed by atoms with Crippen LogP contribution in [0, 0.1) is 56.7 Å². The van der Waals surface area contributed by atoms with E-state index < -0.39 is 11.7 Å². The van der Waals surface area contributed by atoms with E-state index in [1.165, 1.54) is 38.5 Å². The van der Waals surface area contributed by atoms with E-state index in [9.17, 15) is 14.7 Å². The predicted octanol–water partition coefficient (Wildman–Crippen LogP) is 7.08. The van der Waals surface area contributed by atoms with Crippen molar-refractivity contribution in [2.45, 2.75) is 169 Å². The number of aliphatic hydroxyl groups is 1. The lowest BCUT2D eigenvalue weighted by atomic mass is 9.41. The molecule has 0 aromatic carbocycles. The molecule has 51 heavy (non-hydrogen) atoms. The van der Waals surface area contributed by atoms with Crippen molar-refractivity contribution in [3.05, 3.63) is 0 Å². The SMILES string of the molecule is C[C@@H]1CC(CCNC(=O)OC(C)(C)C)OC2C1[C@@]1(C)CCC34C[C@@]35CC[C@H](OC3CN(C(=O)CC6CC6)CCO3)C(C)(C)[C@@H]5CC[C@H]4[C@]1(C)[C@H]2O. The number of nitrogens with one attached hydrogen (secondary N) is 1. The average molecular weight is 713 g/mol. The predicted molar refractivity (Wildman–Crippen MR) is 193 cm³/mol. The number of morpholine rings is 1. The van der Waals surface area contributed by atoms with Crippen LogP contribution in [-0.4, -0.2) is 84.6 Å². The Morgan fingerprint density at radius 2 is 1.71 bits per heavy atom. The molecule has 0 radical (unpaired) electrons. The quantitative estimate of drug-likeness (QED) is 0.291. The number of fused-ring (bicyclic) bond motifs is 4. The second kappa shape index (κ2) is 12.3. The molecule has 9 heteroatoms. The number of nitrogens with zero attached hydrogens (tertiary/aromatic N) is 1. The van der Waals surface area contributed by atoms with Crippen molar-refractivity contribution in [2.75, 3.05) is 26.2 Å². The van der Waals surface area contributed by atoms with Crippen LogP contribution in [0.15, 0.2) is 0 Å². The summed E-state index contributed by atoms with van der Waals surface area (Å²) in [7, 11) is 0. The van der Waals surface area contributed by atoms with Gasteiger partial charge in [-0.25, -0.2) is 4.79 Å². The van der Waals surface area contributed by atoms with Crippen LogP contribution in [0.1, 0.15) is 132 Å². The third kappa shape index (κ3) is 5.65. The van der Waals surface area contributed by atoms with E-state index in [2.05, 4.69) is 39.9 Å². The Balaban J connectivity index is 0.947. The first kappa shape index (κ1) is 36.6. The number of amides is 2. The van der Waals surface area contributed by atoms with Crippen molar-refractivity contribution in [2.24, 2.45) is 56.7 Å². The first-order valence-electron chi connectivity index (χ1n) is 20.8. The molecule has 2 N–H and O–H groups in total. The van der Waals surface area contributed by atoms with E-state index in [1.807, 2.05) is 25.7 Å². The number of rotatable bonds is 7. The van der Waals surface area contributed by atoms with E-state index >= 15 is 0 Å². The van der Waals surface area contributed by atoms with Gasteiger partial charge in [-0.3, -0.25) is 4.79 Å². The van der Waals surface area contributed by atoms with Crippen LogP contribution in [0.4, 0.5) is 4.79 Å². The lowest BCUT2D eigenvalue weighted by Gasteiger charge is -2.64. The minimum Gasteiger partial charge on any atom is -0.444 e. The lowest BCUT2D eigenvalue weighted by molar-refractivity contribution is -0.248. The van der Waals surface area contributed by atoms with Crippen molar-refractivity contribution in [1.29, 1.82) is 0 Å². The fourth-order valence-corrected chi connectivity index (χ4v) is 14.3. The first-order valence-corrected chi connectivity index (χ1v) is 20.8. The van der Waals surface area contributed by atoms with Gasteiger partial charge in [-0.1, -0.05) is 34.6 Å². The minimum absolute atomic E-state index is 0.0124. The van der Waals surface area contributed by atoms with Crippen molar-refractivity contribution < 1.29 is 33.6 Å². The van der Waals surface area contributed by atoms with Crippen molar-refractivity contribution in [1.82, 2.24) is 10.2 Å². The van der Waals surface area contributed by atoms with Crippen molar-refractivity contribution in [3.63, 3.8) is 0 Å². The van der Waals surface area contributed by atoms with E-state index in [1.54, 1.807) is 0 Å². The largest absolute Gasteiger partial charge is 0.444 e. The summed E-state index contributed by atoms with van der Waals surface area (Å²) in [6, 6.07) is 0. The summed E-state index contributed by atoms with van der Waals surface area (Å²) in [4.78, 5) is 27.2. The molecular formula is C42H68N2O7. The zero-order valence-electron chi connectivity index (χ0n) is 32.9. The molecule has 2 saturated heterocycles. The molecule has 0 aromatic rings. The number of hydrogen-bond acceptors (Lipinski definition) is 7. The highest BCUT2D eigenvalue weighted by Crippen LogP contribution is 2.89. The van der Waals surface area contributed by atoms with E-state index in [0.717, 1.165) is 32.1 Å². The number of alkyl carbamates (subject to hydrolysis) is 1. The van der Waals surface area contributed by atoms with E-state index in [4.69, 9.17) is 18.9 Å². The van der Waals surface area contributed by atoms with Crippen molar-refractivity contribution >= 4 is 12.0 Å². The van der Waals surface area contributed by atoms with Crippen LogP contribution in [0.2, 0.25) is 0 Å². The van der Waals surface area contributed by atoms with Gasteiger partial charge in [0, 0.05) is 24.9 Å². The summed E-state index contributed by atoms with van der Waals surface area (Å²) >= 11 is 0. The second-order valence-corrected chi connectivity index (χ2v) is 20.8. The average Bonchev–Trinajstić information content (AvgIpc) is 3.97. The van der Waals surface area contributed by atoms with Gasteiger partial charge in [0.1, 0.15) is 5.60 Å². The molecule has 8 aliphatic rings. The maximum atomic E-state index is 12.9. The Hall–Kier alpha value is -1.42. The Morgan fingerprint density at radius 3 is 2.43 bits per heavy atom. The minimum atomic E-state index is -0.523. The lowest BCUT2D eigenvalue weighted by Crippen LogP contribution is -2.60. The summed E-state index contributed by atoms with van der Waals surface area (Å²) < 4.78 is 25.4. The third-order valence-electron chi connectivity index (χ3n) is 16.8. The number of ether oxygens (including phenoxy) is 4. The highest BCUT2D eigenvalue weighted by atomic mass is 16.7. The molecule has 8 rings (SSSR count). The molecule has 0 aromatic heterocycles. The van der Waals surface area contributed by atoms with Gasteiger partial charge in [-0.2, -0.15) is 0 Å². The number of aliphatic hydroxyl groups excluding tert-OH is 1. The molecule has 13 atom stereocenters. The molecule has 2 amide bonds. The van der Waals surface area contributed by atoms with Crippen LogP contribution in [-0.2, 0) is 23.7 Å². The van der Waals surface area contributed by atoms with Gasteiger partial charge in [0.15, 0.2) is 6.29 Å².